The fourth-order valence-corrected chi connectivity index (χ4v) is 1.47. The molecule has 0 radical (unpaired) electrons. The predicted molar refractivity (Wildman–Crippen MR) is 70.2 cm³/mol. The maximum atomic E-state index is 11.8. The van der Waals surface area contributed by atoms with Crippen molar-refractivity contribution in [3.63, 3.8) is 0 Å². The summed E-state index contributed by atoms with van der Waals surface area (Å²) in [5.41, 5.74) is 6.61. The molecule has 0 saturated heterocycles. The number of hydrogen-bond donors (Lipinski definition) is 2. The second-order valence-electron chi connectivity index (χ2n) is 4.22. The van der Waals surface area contributed by atoms with Crippen LogP contribution in [0.15, 0.2) is 24.3 Å². The van der Waals surface area contributed by atoms with E-state index in [-0.39, 0.29) is 32.0 Å². The highest BCUT2D eigenvalue weighted by atomic mass is 19.4. The van der Waals surface area contributed by atoms with Gasteiger partial charge in [0.15, 0.2) is 0 Å². The first-order valence-electron chi connectivity index (χ1n) is 6.17. The van der Waals surface area contributed by atoms with Crippen LogP contribution in [0.25, 0.3) is 0 Å². The Bertz CT molecular complexity index is 436. The molecule has 7 heteroatoms. The van der Waals surface area contributed by atoms with Crippen molar-refractivity contribution < 1.29 is 22.7 Å². The van der Waals surface area contributed by atoms with Gasteiger partial charge in [-0.3, -0.25) is 4.79 Å². The molecule has 0 spiro atoms. The van der Waals surface area contributed by atoms with Crippen LogP contribution < -0.4 is 11.1 Å². The van der Waals surface area contributed by atoms with E-state index in [1.165, 1.54) is 0 Å². The second-order valence-corrected chi connectivity index (χ2v) is 4.22. The van der Waals surface area contributed by atoms with Crippen molar-refractivity contribution >= 4 is 17.3 Å². The van der Waals surface area contributed by atoms with E-state index in [9.17, 15) is 18.0 Å². The number of ether oxygens (including phenoxy) is 1. The van der Waals surface area contributed by atoms with Gasteiger partial charge >= 0.3 is 6.18 Å². The van der Waals surface area contributed by atoms with Crippen molar-refractivity contribution in [2.45, 2.75) is 25.4 Å². The summed E-state index contributed by atoms with van der Waals surface area (Å²) >= 11 is 0. The van der Waals surface area contributed by atoms with Gasteiger partial charge in [-0.25, -0.2) is 0 Å². The Morgan fingerprint density at radius 1 is 1.25 bits per heavy atom. The third kappa shape index (κ3) is 6.98. The Hall–Kier alpha value is -1.76. The van der Waals surface area contributed by atoms with Crippen molar-refractivity contribution in [3.8, 4) is 0 Å². The van der Waals surface area contributed by atoms with Crippen LogP contribution in [0.5, 0.6) is 0 Å². The lowest BCUT2D eigenvalue weighted by Gasteiger charge is -2.09. The molecule has 4 nitrogen and oxygen atoms in total. The number of hydrogen-bond acceptors (Lipinski definition) is 3. The number of para-hydroxylation sites is 2. The zero-order chi connectivity index (χ0) is 15.0. The van der Waals surface area contributed by atoms with Crippen LogP contribution in [0.4, 0.5) is 24.5 Å². The van der Waals surface area contributed by atoms with E-state index in [1.54, 1.807) is 24.3 Å². The zero-order valence-corrected chi connectivity index (χ0v) is 10.9. The molecule has 112 valence electrons. The van der Waals surface area contributed by atoms with Crippen LogP contribution in [0.2, 0.25) is 0 Å². The number of alkyl halides is 3. The van der Waals surface area contributed by atoms with E-state index in [0.717, 1.165) is 0 Å². The summed E-state index contributed by atoms with van der Waals surface area (Å²) in [6.45, 7) is 0.0662. The number of nitrogens with one attached hydrogen (secondary N) is 1. The minimum atomic E-state index is -4.16. The Morgan fingerprint density at radius 2 is 1.95 bits per heavy atom. The molecule has 0 atom stereocenters. The SMILES string of the molecule is Nc1ccccc1NC(=O)CCOCCCC(F)(F)F. The highest BCUT2D eigenvalue weighted by molar-refractivity contribution is 5.93. The third-order valence-corrected chi connectivity index (χ3v) is 2.46. The largest absolute Gasteiger partial charge is 0.397 e. The fourth-order valence-electron chi connectivity index (χ4n) is 1.47. The van der Waals surface area contributed by atoms with E-state index in [0.29, 0.717) is 11.4 Å². The Kier molecular flexibility index (Phi) is 6.30. The number of benzene rings is 1. The van der Waals surface area contributed by atoms with Crippen LogP contribution >= 0.6 is 0 Å². The van der Waals surface area contributed by atoms with Gasteiger partial charge in [-0.05, 0) is 18.6 Å². The number of halogens is 3. The third-order valence-electron chi connectivity index (χ3n) is 2.46. The van der Waals surface area contributed by atoms with Crippen molar-refractivity contribution in [3.05, 3.63) is 24.3 Å². The molecular weight excluding hydrogens is 273 g/mol. The number of nitrogen functional groups attached to an aromatic ring is 1. The quantitative estimate of drug-likeness (QED) is 0.599. The average molecular weight is 290 g/mol. The molecule has 3 N–H and O–H groups in total. The van der Waals surface area contributed by atoms with Gasteiger partial charge in [-0.1, -0.05) is 12.1 Å². The van der Waals surface area contributed by atoms with Gasteiger partial charge in [0.25, 0.3) is 0 Å². The van der Waals surface area contributed by atoms with Crippen LogP contribution in [0, 0.1) is 0 Å². The van der Waals surface area contributed by atoms with E-state index in [1.807, 2.05) is 0 Å². The molecule has 1 aromatic rings. The molecule has 0 aromatic heterocycles. The first-order chi connectivity index (χ1) is 9.38. The van der Waals surface area contributed by atoms with Crippen molar-refractivity contribution in [1.29, 1.82) is 0 Å². The maximum Gasteiger partial charge on any atom is 0.389 e. The van der Waals surface area contributed by atoms with Crippen molar-refractivity contribution in [2.24, 2.45) is 0 Å². The minimum Gasteiger partial charge on any atom is -0.397 e. The van der Waals surface area contributed by atoms with E-state index >= 15 is 0 Å². The van der Waals surface area contributed by atoms with Gasteiger partial charge in [-0.15, -0.1) is 0 Å². The number of carbonyl (C=O) groups excluding carboxylic acids is 1. The lowest BCUT2D eigenvalue weighted by Crippen LogP contribution is -2.15. The number of amides is 1. The van der Waals surface area contributed by atoms with Gasteiger partial charge in [0.05, 0.1) is 24.4 Å². The summed E-state index contributed by atoms with van der Waals surface area (Å²) in [4.78, 5) is 11.5. The Balaban J connectivity index is 2.14. The van der Waals surface area contributed by atoms with Gasteiger partial charge in [0.1, 0.15) is 0 Å². The van der Waals surface area contributed by atoms with E-state index in [4.69, 9.17) is 10.5 Å². The zero-order valence-electron chi connectivity index (χ0n) is 10.9. The monoisotopic (exact) mass is 290 g/mol. The lowest BCUT2D eigenvalue weighted by atomic mass is 10.2. The van der Waals surface area contributed by atoms with E-state index < -0.39 is 12.6 Å². The molecule has 0 aliphatic rings. The average Bonchev–Trinajstić information content (AvgIpc) is 2.35. The molecule has 0 bridgehead atoms. The molecule has 0 unspecified atom stereocenters. The van der Waals surface area contributed by atoms with Crippen molar-refractivity contribution in [1.82, 2.24) is 0 Å². The molecule has 0 fully saturated rings. The molecule has 1 amide bonds. The van der Waals surface area contributed by atoms with Crippen molar-refractivity contribution in [2.75, 3.05) is 24.3 Å². The number of rotatable bonds is 7. The highest BCUT2D eigenvalue weighted by Crippen LogP contribution is 2.21. The first kappa shape index (κ1) is 16.3. The number of carbonyl (C=O) groups is 1. The second kappa shape index (κ2) is 7.74. The van der Waals surface area contributed by atoms with Crippen LogP contribution in [0.1, 0.15) is 19.3 Å². The molecule has 0 aliphatic carbocycles. The summed E-state index contributed by atoms with van der Waals surface area (Å²) in [7, 11) is 0. The summed E-state index contributed by atoms with van der Waals surface area (Å²) < 4.78 is 40.5. The minimum absolute atomic E-state index is 0.0136. The molecule has 20 heavy (non-hydrogen) atoms. The fraction of sp³-hybridized carbons (Fsp3) is 0.462. The summed E-state index contributed by atoms with van der Waals surface area (Å²) in [6, 6.07) is 6.80. The molecule has 0 saturated carbocycles. The van der Waals surface area contributed by atoms with Crippen LogP contribution in [-0.2, 0) is 9.53 Å². The number of nitrogens with two attached hydrogens (primary N) is 1. The molecule has 1 rings (SSSR count). The maximum absolute atomic E-state index is 11.8. The Labute approximate surface area is 115 Å². The molecule has 0 heterocycles. The smallest absolute Gasteiger partial charge is 0.389 e. The van der Waals surface area contributed by atoms with Gasteiger partial charge in [0.2, 0.25) is 5.91 Å². The normalized spacial score (nSPS) is 11.3. The molecular formula is C13H17F3N2O2. The van der Waals surface area contributed by atoms with Gasteiger partial charge in [-0.2, -0.15) is 13.2 Å². The molecule has 1 aromatic carbocycles. The van der Waals surface area contributed by atoms with Gasteiger partial charge in [0, 0.05) is 13.0 Å². The number of anilines is 2. The predicted octanol–water partition coefficient (Wildman–Crippen LogP) is 2.96. The van der Waals surface area contributed by atoms with Gasteiger partial charge < -0.3 is 15.8 Å². The highest BCUT2D eigenvalue weighted by Gasteiger charge is 2.25. The Morgan fingerprint density at radius 3 is 2.60 bits per heavy atom. The summed E-state index contributed by atoms with van der Waals surface area (Å²) in [5.74, 6) is -0.293. The summed E-state index contributed by atoms with van der Waals surface area (Å²) in [6.07, 6.45) is -5.07. The van der Waals surface area contributed by atoms with Crippen LogP contribution in [0.3, 0.4) is 0 Å². The summed E-state index contributed by atoms with van der Waals surface area (Å²) in [5, 5.41) is 2.60. The first-order valence-corrected chi connectivity index (χ1v) is 6.17. The van der Waals surface area contributed by atoms with Crippen LogP contribution in [-0.4, -0.2) is 25.3 Å². The lowest BCUT2D eigenvalue weighted by molar-refractivity contribution is -0.138. The standard InChI is InChI=1S/C13H17F3N2O2/c14-13(15,16)7-3-8-20-9-6-12(19)18-11-5-2-1-4-10(11)17/h1-2,4-5H,3,6-9,17H2,(H,18,19). The van der Waals surface area contributed by atoms with E-state index in [2.05, 4.69) is 5.32 Å². The topological polar surface area (TPSA) is 64.3 Å². The molecule has 0 aliphatic heterocycles.